The summed E-state index contributed by atoms with van der Waals surface area (Å²) >= 11 is 0. The summed E-state index contributed by atoms with van der Waals surface area (Å²) < 4.78 is 5.27. The van der Waals surface area contributed by atoms with Crippen molar-refractivity contribution in [3.8, 4) is 6.07 Å². The van der Waals surface area contributed by atoms with Gasteiger partial charge in [0, 0.05) is 6.54 Å². The van der Waals surface area contributed by atoms with E-state index in [1.807, 2.05) is 57.2 Å². The molecule has 0 aliphatic carbocycles. The lowest BCUT2D eigenvalue weighted by Crippen LogP contribution is -2.49. The number of likely N-dealkylation sites (tertiary alicyclic amines) is 1. The molecule has 1 aromatic rings. The molecule has 31 heavy (non-hydrogen) atoms. The summed E-state index contributed by atoms with van der Waals surface area (Å²) in [6.07, 6.45) is 2.49. The number of nitrogens with zero attached hydrogens (tertiary/aromatic N) is 2. The molecule has 2 atom stereocenters. The summed E-state index contributed by atoms with van der Waals surface area (Å²) in [6.45, 7) is 6.19. The third kappa shape index (κ3) is 7.74. The number of carbonyl (C=O) groups is 2. The Morgan fingerprint density at radius 2 is 2.03 bits per heavy atom. The minimum atomic E-state index is -1.75. The molecule has 0 aromatic heterocycles. The van der Waals surface area contributed by atoms with Gasteiger partial charge in [0.1, 0.15) is 18.2 Å². The molecule has 1 aromatic carbocycles. The Morgan fingerprint density at radius 3 is 2.61 bits per heavy atom. The molecule has 2 rings (SSSR count). The molecule has 166 valence electrons. The smallest absolute Gasteiger partial charge is 0.447 e. The fourth-order valence-electron chi connectivity index (χ4n) is 3.47. The second-order valence-electron chi connectivity index (χ2n) is 8.78. The van der Waals surface area contributed by atoms with Crippen LogP contribution in [0.3, 0.4) is 0 Å². The highest BCUT2D eigenvalue weighted by Gasteiger charge is 2.33. The van der Waals surface area contributed by atoms with Crippen LogP contribution in [0.5, 0.6) is 0 Å². The fourth-order valence-corrected chi connectivity index (χ4v) is 3.47. The van der Waals surface area contributed by atoms with Crippen LogP contribution in [-0.2, 0) is 16.0 Å². The number of allylic oxidation sites excluding steroid dienone is 1. The van der Waals surface area contributed by atoms with E-state index < -0.39 is 19.2 Å². The molecule has 9 heteroatoms. The number of benzene rings is 1. The number of hydrogen-bond donors (Lipinski definition) is 3. The molecule has 1 fully saturated rings. The van der Waals surface area contributed by atoms with Gasteiger partial charge in [-0.05, 0) is 30.2 Å². The topological polar surface area (TPSA) is 123 Å². The fraction of sp³-hybridized carbons (Fsp3) is 0.500. The summed E-state index contributed by atoms with van der Waals surface area (Å²) in [5.74, 6) is -1.30. The molecule has 1 heterocycles. The highest BCUT2D eigenvalue weighted by Crippen LogP contribution is 2.23. The Labute approximate surface area is 183 Å². The largest absolute Gasteiger partial charge is 0.475 e. The summed E-state index contributed by atoms with van der Waals surface area (Å²) in [7, 11) is -1.75. The van der Waals surface area contributed by atoms with Gasteiger partial charge in [-0.2, -0.15) is 5.26 Å². The number of ether oxygens (including phenoxy) is 1. The van der Waals surface area contributed by atoms with E-state index in [1.54, 1.807) is 11.0 Å². The van der Waals surface area contributed by atoms with Crippen LogP contribution in [0.4, 0.5) is 4.79 Å². The lowest BCUT2D eigenvalue weighted by atomic mass is 9.76. The van der Waals surface area contributed by atoms with E-state index in [0.717, 1.165) is 12.0 Å². The highest BCUT2D eigenvalue weighted by molar-refractivity contribution is 6.43. The molecule has 8 nitrogen and oxygen atoms in total. The van der Waals surface area contributed by atoms with Gasteiger partial charge in [0.05, 0.1) is 12.0 Å². The van der Waals surface area contributed by atoms with Gasteiger partial charge in [-0.3, -0.25) is 4.79 Å². The standard InChI is InChI=1S/C22H30BN3O5/c1-22(2,3)13-17(14-24)20(27)26-11-7-10-18(26)15-31-21(28)25-19(23(29)30)12-16-8-5-4-6-9-16/h4-6,8-9,13,18-19,29-30H,7,10-12,15H2,1-3H3,(H,25,28)/b17-13+/t18-,19+/m1/s1. The maximum Gasteiger partial charge on any atom is 0.475 e. The Hall–Kier alpha value is -2.83. The number of nitrogens with one attached hydrogen (secondary N) is 1. The average molecular weight is 427 g/mol. The quantitative estimate of drug-likeness (QED) is 0.347. The third-order valence-electron chi connectivity index (χ3n) is 4.93. The van der Waals surface area contributed by atoms with Crippen molar-refractivity contribution in [3.63, 3.8) is 0 Å². The van der Waals surface area contributed by atoms with E-state index in [2.05, 4.69) is 5.32 Å². The molecule has 0 unspecified atom stereocenters. The molecule has 0 radical (unpaired) electrons. The monoisotopic (exact) mass is 427 g/mol. The average Bonchev–Trinajstić information content (AvgIpc) is 3.18. The Morgan fingerprint density at radius 1 is 1.35 bits per heavy atom. The van der Waals surface area contributed by atoms with E-state index in [0.29, 0.717) is 13.0 Å². The number of nitriles is 1. The van der Waals surface area contributed by atoms with Gasteiger partial charge in [0.25, 0.3) is 5.91 Å². The predicted octanol–water partition coefficient (Wildman–Crippen LogP) is 1.82. The Balaban J connectivity index is 1.94. The zero-order valence-electron chi connectivity index (χ0n) is 18.2. The number of hydrogen-bond acceptors (Lipinski definition) is 6. The normalized spacial score (nSPS) is 17.6. The van der Waals surface area contributed by atoms with Crippen molar-refractivity contribution < 1.29 is 24.4 Å². The van der Waals surface area contributed by atoms with Crippen LogP contribution < -0.4 is 5.32 Å². The molecule has 1 aliphatic rings. The lowest BCUT2D eigenvalue weighted by molar-refractivity contribution is -0.128. The zero-order chi connectivity index (χ0) is 23.0. The van der Waals surface area contributed by atoms with E-state index in [9.17, 15) is 24.9 Å². The van der Waals surface area contributed by atoms with Crippen LogP contribution >= 0.6 is 0 Å². The molecule has 0 saturated carbocycles. The van der Waals surface area contributed by atoms with Crippen LogP contribution in [0, 0.1) is 16.7 Å². The zero-order valence-corrected chi connectivity index (χ0v) is 18.2. The highest BCUT2D eigenvalue weighted by atomic mass is 16.5. The predicted molar refractivity (Wildman–Crippen MR) is 116 cm³/mol. The van der Waals surface area contributed by atoms with E-state index >= 15 is 0 Å². The van der Waals surface area contributed by atoms with Crippen molar-refractivity contribution in [2.24, 2.45) is 5.41 Å². The number of carbonyl (C=O) groups excluding carboxylic acids is 2. The summed E-state index contributed by atoms with van der Waals surface area (Å²) in [6, 6.07) is 10.8. The van der Waals surface area contributed by atoms with Crippen molar-refractivity contribution in [1.29, 1.82) is 5.26 Å². The minimum Gasteiger partial charge on any atom is -0.447 e. The first-order valence-electron chi connectivity index (χ1n) is 10.4. The first-order chi connectivity index (χ1) is 14.6. The van der Waals surface area contributed by atoms with Gasteiger partial charge < -0.3 is 25.0 Å². The molecule has 1 aliphatic heterocycles. The van der Waals surface area contributed by atoms with Crippen molar-refractivity contribution >= 4 is 19.1 Å². The maximum absolute atomic E-state index is 12.8. The maximum atomic E-state index is 12.8. The van der Waals surface area contributed by atoms with Gasteiger partial charge in [-0.1, -0.05) is 57.2 Å². The van der Waals surface area contributed by atoms with Gasteiger partial charge in [-0.25, -0.2) is 4.79 Å². The van der Waals surface area contributed by atoms with Crippen LogP contribution in [0.25, 0.3) is 0 Å². The van der Waals surface area contributed by atoms with E-state index in [4.69, 9.17) is 4.74 Å². The summed E-state index contributed by atoms with van der Waals surface area (Å²) in [5, 5.41) is 31.0. The van der Waals surface area contributed by atoms with Gasteiger partial charge in [-0.15, -0.1) is 0 Å². The molecule has 2 amide bonds. The van der Waals surface area contributed by atoms with Crippen LogP contribution in [0.1, 0.15) is 39.2 Å². The second-order valence-corrected chi connectivity index (χ2v) is 8.78. The third-order valence-corrected chi connectivity index (χ3v) is 4.93. The molecule has 0 bridgehead atoms. The SMILES string of the molecule is CC(C)(C)/C=C(\C#N)C(=O)N1CCC[C@@H]1COC(=O)N[C@@H](Cc1ccccc1)B(O)O. The summed E-state index contributed by atoms with van der Waals surface area (Å²) in [4.78, 5) is 26.6. The molecule has 0 spiro atoms. The Bertz CT molecular complexity index is 830. The van der Waals surface area contributed by atoms with E-state index in [1.165, 1.54) is 0 Å². The lowest BCUT2D eigenvalue weighted by Gasteiger charge is -2.25. The van der Waals surface area contributed by atoms with Crippen LogP contribution in [-0.4, -0.2) is 59.2 Å². The first kappa shape index (κ1) is 24.4. The van der Waals surface area contributed by atoms with Crippen LogP contribution in [0.2, 0.25) is 0 Å². The summed E-state index contributed by atoms with van der Waals surface area (Å²) in [5.41, 5.74) is 0.601. The van der Waals surface area contributed by atoms with Crippen molar-refractivity contribution in [2.45, 2.75) is 52.0 Å². The van der Waals surface area contributed by atoms with Gasteiger partial charge in [0.2, 0.25) is 0 Å². The molecular formula is C22H30BN3O5. The number of alkyl carbamates (subject to hydrolysis) is 1. The van der Waals surface area contributed by atoms with E-state index in [-0.39, 0.29) is 36.0 Å². The van der Waals surface area contributed by atoms with Crippen molar-refractivity contribution in [1.82, 2.24) is 10.2 Å². The molecule has 1 saturated heterocycles. The molecular weight excluding hydrogens is 397 g/mol. The number of rotatable bonds is 7. The van der Waals surface area contributed by atoms with Gasteiger partial charge >= 0.3 is 13.2 Å². The van der Waals surface area contributed by atoms with Crippen molar-refractivity contribution in [3.05, 3.63) is 47.5 Å². The van der Waals surface area contributed by atoms with Gasteiger partial charge in [0.15, 0.2) is 0 Å². The number of amides is 2. The second kappa shape index (κ2) is 11.0. The first-order valence-corrected chi connectivity index (χ1v) is 10.4. The van der Waals surface area contributed by atoms with Crippen molar-refractivity contribution in [2.75, 3.05) is 13.2 Å². The Kier molecular flexibility index (Phi) is 8.66. The van der Waals surface area contributed by atoms with Crippen LogP contribution in [0.15, 0.2) is 42.0 Å². The molecule has 3 N–H and O–H groups in total. The minimum absolute atomic E-state index is 0.0363.